The number of hydrogen-bond acceptors (Lipinski definition) is 4. The summed E-state index contributed by atoms with van der Waals surface area (Å²) in [5, 5.41) is 12.8. The second kappa shape index (κ2) is 14.6. The molecule has 0 aliphatic heterocycles. The molecule has 0 aliphatic rings. The van der Waals surface area contributed by atoms with E-state index in [9.17, 15) is 18.1 Å². The summed E-state index contributed by atoms with van der Waals surface area (Å²) in [7, 11) is -4.46. The molecule has 0 radical (unpaired) electrons. The van der Waals surface area contributed by atoms with Gasteiger partial charge in [0.25, 0.3) is 10.1 Å². The van der Waals surface area contributed by atoms with Crippen LogP contribution < -0.4 is 61.2 Å². The van der Waals surface area contributed by atoms with Gasteiger partial charge in [-0.15, -0.1) is 0 Å². The summed E-state index contributed by atoms with van der Waals surface area (Å²) in [5.41, 5.74) is 0.101. The second-order valence-corrected chi connectivity index (χ2v) is 8.73. The second-order valence-electron chi connectivity index (χ2n) is 7.34. The van der Waals surface area contributed by atoms with Crippen LogP contribution in [-0.4, -0.2) is 13.0 Å². The standard InChI is InChI=1S/C23H32O5S.K/c1-2-3-4-5-6-7-8-9-13-16-20-22(29(25,26)27)18-17-21(23(20)24)28-19-14-11-10-12-15-19;/h10-12,14-15,17-18,24H,2-9,13,16H2,1H3,(H,25,26,27);/q;+1/p-1. The summed E-state index contributed by atoms with van der Waals surface area (Å²) in [5.74, 6) is 0.0799. The molecule has 2 aromatic carbocycles. The molecule has 0 bridgehead atoms. The first kappa shape index (κ1) is 27.6. The molecule has 0 spiro atoms. The van der Waals surface area contributed by atoms with Crippen LogP contribution >= 0.6 is 0 Å². The summed E-state index contributed by atoms with van der Waals surface area (Å²) in [6.07, 6.45) is 10.4. The predicted octanol–water partition coefficient (Wildman–Crippen LogP) is 2.88. The van der Waals surface area contributed by atoms with Crippen molar-refractivity contribution in [1.82, 2.24) is 0 Å². The Labute approximate surface area is 223 Å². The fourth-order valence-corrected chi connectivity index (χ4v) is 4.12. The molecule has 0 unspecified atom stereocenters. The monoisotopic (exact) mass is 458 g/mol. The summed E-state index contributed by atoms with van der Waals surface area (Å²) in [4.78, 5) is -0.317. The van der Waals surface area contributed by atoms with E-state index in [0.717, 1.165) is 19.3 Å². The molecule has 0 saturated carbocycles. The van der Waals surface area contributed by atoms with Crippen LogP contribution in [0, 0.1) is 0 Å². The Morgan fingerprint density at radius 1 is 0.867 bits per heavy atom. The molecule has 0 atom stereocenters. The van der Waals surface area contributed by atoms with Crippen LogP contribution in [0.25, 0.3) is 0 Å². The van der Waals surface area contributed by atoms with E-state index in [4.69, 9.17) is 4.74 Å². The van der Waals surface area contributed by atoms with E-state index in [1.165, 1.54) is 44.2 Å². The number of benzene rings is 2. The number of rotatable bonds is 13. The van der Waals surface area contributed by atoms with E-state index in [-0.39, 0.29) is 67.6 Å². The van der Waals surface area contributed by atoms with Crippen molar-refractivity contribution in [2.45, 2.75) is 76.0 Å². The first-order valence-electron chi connectivity index (χ1n) is 10.5. The zero-order valence-electron chi connectivity index (χ0n) is 18.1. The molecule has 0 fully saturated rings. The molecule has 160 valence electrons. The maximum Gasteiger partial charge on any atom is 1.00 e. The van der Waals surface area contributed by atoms with Crippen LogP contribution in [0.15, 0.2) is 47.4 Å². The van der Waals surface area contributed by atoms with E-state index < -0.39 is 15.9 Å². The van der Waals surface area contributed by atoms with Crippen LogP contribution in [0.1, 0.15) is 70.3 Å². The minimum absolute atomic E-state index is 0. The summed E-state index contributed by atoms with van der Waals surface area (Å²) < 4.78 is 38.6. The van der Waals surface area contributed by atoms with Crippen LogP contribution in [0.2, 0.25) is 0 Å². The molecule has 0 heterocycles. The minimum Gasteiger partial charge on any atom is -0.870 e. The number of hydrogen-bond donors (Lipinski definition) is 1. The van der Waals surface area contributed by atoms with Gasteiger partial charge in [-0.05, 0) is 42.7 Å². The number of unbranched alkanes of at least 4 members (excludes halogenated alkanes) is 8. The Bertz CT molecular complexity index is 853. The van der Waals surface area contributed by atoms with Crippen molar-refractivity contribution in [3.05, 3.63) is 48.0 Å². The normalized spacial score (nSPS) is 11.1. The molecule has 0 aromatic heterocycles. The molecule has 0 saturated heterocycles. The van der Waals surface area contributed by atoms with Gasteiger partial charge in [-0.3, -0.25) is 4.55 Å². The van der Waals surface area contributed by atoms with Gasteiger partial charge >= 0.3 is 51.4 Å². The maximum absolute atomic E-state index is 12.8. The van der Waals surface area contributed by atoms with Crippen molar-refractivity contribution in [1.29, 1.82) is 0 Å². The average molecular weight is 459 g/mol. The van der Waals surface area contributed by atoms with Crippen LogP contribution in [0.3, 0.4) is 0 Å². The van der Waals surface area contributed by atoms with E-state index in [2.05, 4.69) is 6.92 Å². The van der Waals surface area contributed by atoms with E-state index in [1.54, 1.807) is 24.3 Å². The third kappa shape index (κ3) is 9.38. The third-order valence-corrected chi connectivity index (χ3v) is 5.90. The molecule has 0 amide bonds. The molecule has 2 rings (SSSR count). The fourth-order valence-electron chi connectivity index (χ4n) is 3.37. The average Bonchev–Trinajstić information content (AvgIpc) is 2.69. The van der Waals surface area contributed by atoms with E-state index in [1.807, 2.05) is 6.07 Å². The Kier molecular flexibility index (Phi) is 13.5. The van der Waals surface area contributed by atoms with Crippen molar-refractivity contribution in [2.24, 2.45) is 0 Å². The Hall–Kier alpha value is -0.414. The SMILES string of the molecule is CCCCCCCCCCCc1c(S(=O)(=O)O)ccc(Oc2ccccc2)c1[O-].[K+]. The number of para-hydroxylation sites is 1. The Balaban J connectivity index is 0.00000450. The molecular weight excluding hydrogens is 427 g/mol. The van der Waals surface area contributed by atoms with Crippen molar-refractivity contribution in [3.63, 3.8) is 0 Å². The molecule has 1 N–H and O–H groups in total. The van der Waals surface area contributed by atoms with Gasteiger partial charge in [0, 0.05) is 0 Å². The fraction of sp³-hybridized carbons (Fsp3) is 0.478. The van der Waals surface area contributed by atoms with Crippen molar-refractivity contribution in [3.8, 4) is 17.2 Å². The first-order chi connectivity index (χ1) is 13.9. The Morgan fingerprint density at radius 3 is 2.00 bits per heavy atom. The van der Waals surface area contributed by atoms with E-state index >= 15 is 0 Å². The summed E-state index contributed by atoms with van der Waals surface area (Å²) in [6.45, 7) is 2.20. The minimum atomic E-state index is -4.46. The summed E-state index contributed by atoms with van der Waals surface area (Å²) in [6, 6.07) is 11.4. The smallest absolute Gasteiger partial charge is 0.870 e. The van der Waals surface area contributed by atoms with Gasteiger partial charge in [0.1, 0.15) is 11.5 Å². The molecule has 0 aliphatic carbocycles. The largest absolute Gasteiger partial charge is 1.00 e. The quantitative estimate of drug-likeness (QED) is 0.283. The molecule has 7 heteroatoms. The van der Waals surface area contributed by atoms with Crippen LogP contribution in [-0.2, 0) is 16.5 Å². The summed E-state index contributed by atoms with van der Waals surface area (Å²) >= 11 is 0. The molecule has 30 heavy (non-hydrogen) atoms. The molecular formula is C23H31KO5S. The van der Waals surface area contributed by atoms with Gasteiger partial charge in [0.2, 0.25) is 0 Å². The van der Waals surface area contributed by atoms with Crippen LogP contribution in [0.5, 0.6) is 17.2 Å². The van der Waals surface area contributed by atoms with Gasteiger partial charge < -0.3 is 9.84 Å². The zero-order chi connectivity index (χ0) is 21.1. The van der Waals surface area contributed by atoms with E-state index in [0.29, 0.717) is 18.6 Å². The third-order valence-electron chi connectivity index (χ3n) is 4.96. The van der Waals surface area contributed by atoms with Gasteiger partial charge in [-0.1, -0.05) is 82.2 Å². The molecule has 5 nitrogen and oxygen atoms in total. The van der Waals surface area contributed by atoms with Gasteiger partial charge in [0.15, 0.2) is 0 Å². The van der Waals surface area contributed by atoms with Gasteiger partial charge in [-0.2, -0.15) is 8.42 Å². The van der Waals surface area contributed by atoms with Gasteiger partial charge in [0.05, 0.1) is 4.90 Å². The topological polar surface area (TPSA) is 86.7 Å². The number of ether oxygens (including phenoxy) is 1. The van der Waals surface area contributed by atoms with Crippen LogP contribution in [0.4, 0.5) is 0 Å². The maximum atomic E-state index is 12.8. The van der Waals surface area contributed by atoms with Crippen molar-refractivity contribution >= 4 is 10.1 Å². The van der Waals surface area contributed by atoms with Crippen molar-refractivity contribution < 1.29 is 74.2 Å². The Morgan fingerprint density at radius 2 is 1.43 bits per heavy atom. The first-order valence-corrected chi connectivity index (χ1v) is 11.9. The zero-order valence-corrected chi connectivity index (χ0v) is 22.0. The molecule has 2 aromatic rings. The predicted molar refractivity (Wildman–Crippen MR) is 113 cm³/mol. The van der Waals surface area contributed by atoms with Crippen molar-refractivity contribution in [2.75, 3.05) is 0 Å². The van der Waals surface area contributed by atoms with Gasteiger partial charge in [-0.25, -0.2) is 0 Å².